The summed E-state index contributed by atoms with van der Waals surface area (Å²) in [5.74, 6) is 1.55. The summed E-state index contributed by atoms with van der Waals surface area (Å²) in [5.41, 5.74) is 2.19. The van der Waals surface area contributed by atoms with Crippen molar-refractivity contribution >= 4 is 11.6 Å². The normalized spacial score (nSPS) is 17.7. The number of benzene rings is 3. The van der Waals surface area contributed by atoms with Crippen molar-refractivity contribution in [2.45, 2.75) is 18.9 Å². The number of anilines is 1. The maximum absolute atomic E-state index is 13.8. The number of nitrogens with zero attached hydrogens (tertiary/aromatic N) is 3. The Bertz CT molecular complexity index is 1190. The van der Waals surface area contributed by atoms with E-state index in [1.807, 2.05) is 41.3 Å². The number of rotatable bonds is 8. The number of methoxy groups -OCH3 is 1. The van der Waals surface area contributed by atoms with Crippen LogP contribution in [0.3, 0.4) is 0 Å². The van der Waals surface area contributed by atoms with Crippen molar-refractivity contribution in [2.75, 3.05) is 57.8 Å². The van der Waals surface area contributed by atoms with Gasteiger partial charge in [-0.05, 0) is 42.7 Å². The van der Waals surface area contributed by atoms with E-state index in [9.17, 15) is 9.18 Å². The van der Waals surface area contributed by atoms with Gasteiger partial charge in [0.15, 0.2) is 0 Å². The average molecular weight is 518 g/mol. The van der Waals surface area contributed by atoms with Crippen molar-refractivity contribution in [3.05, 3.63) is 90.2 Å². The number of piperazine rings is 1. The second-order valence-electron chi connectivity index (χ2n) is 10.1. The lowest BCUT2D eigenvalue weighted by molar-refractivity contribution is -0.134. The third-order valence-electron chi connectivity index (χ3n) is 7.66. The van der Waals surface area contributed by atoms with Gasteiger partial charge in [-0.15, -0.1) is 0 Å². The van der Waals surface area contributed by atoms with E-state index < -0.39 is 0 Å². The summed E-state index contributed by atoms with van der Waals surface area (Å²) in [5, 5.41) is 0. The summed E-state index contributed by atoms with van der Waals surface area (Å²) in [6, 6.07) is 24.5. The predicted octanol–water partition coefficient (Wildman–Crippen LogP) is 5.02. The molecule has 2 aliphatic rings. The first-order valence-electron chi connectivity index (χ1n) is 13.5. The highest BCUT2D eigenvalue weighted by molar-refractivity contribution is 5.78. The summed E-state index contributed by atoms with van der Waals surface area (Å²) < 4.78 is 25.7. The first kappa shape index (κ1) is 26.0. The molecule has 3 aromatic carbocycles. The maximum atomic E-state index is 13.8. The Kier molecular flexibility index (Phi) is 8.44. The molecule has 1 amide bonds. The number of amides is 1. The van der Waals surface area contributed by atoms with Gasteiger partial charge in [0.25, 0.3) is 0 Å². The van der Waals surface area contributed by atoms with E-state index in [0.717, 1.165) is 56.0 Å². The maximum Gasteiger partial charge on any atom is 0.236 e. The van der Waals surface area contributed by atoms with E-state index in [1.54, 1.807) is 19.2 Å². The number of para-hydroxylation sites is 2. The molecule has 5 rings (SSSR count). The van der Waals surface area contributed by atoms with Crippen molar-refractivity contribution in [3.8, 4) is 11.5 Å². The molecular formula is C31H36FN3O3. The molecule has 200 valence electrons. The molecule has 3 aromatic rings. The van der Waals surface area contributed by atoms with Gasteiger partial charge in [-0.3, -0.25) is 9.69 Å². The monoisotopic (exact) mass is 517 g/mol. The van der Waals surface area contributed by atoms with Gasteiger partial charge >= 0.3 is 0 Å². The summed E-state index contributed by atoms with van der Waals surface area (Å²) in [4.78, 5) is 19.7. The topological polar surface area (TPSA) is 45.2 Å². The number of ether oxygens (including phenoxy) is 2. The van der Waals surface area contributed by atoms with Gasteiger partial charge in [-0.1, -0.05) is 48.5 Å². The van der Waals surface area contributed by atoms with Crippen molar-refractivity contribution in [2.24, 2.45) is 5.92 Å². The van der Waals surface area contributed by atoms with Crippen LogP contribution in [-0.2, 0) is 4.79 Å². The SMILES string of the molecule is COc1ccccc1N1CCN(CC(=O)N2CCC(C(Oc3cccc(F)c3)c3ccccc3)CC2)CC1. The lowest BCUT2D eigenvalue weighted by atomic mass is 9.87. The van der Waals surface area contributed by atoms with Crippen LogP contribution in [-0.4, -0.2) is 68.6 Å². The van der Waals surface area contributed by atoms with E-state index >= 15 is 0 Å². The molecule has 1 atom stereocenters. The number of hydrogen-bond donors (Lipinski definition) is 0. The van der Waals surface area contributed by atoms with Crippen LogP contribution in [0.4, 0.5) is 10.1 Å². The van der Waals surface area contributed by atoms with Crippen LogP contribution in [0.1, 0.15) is 24.5 Å². The molecule has 6 nitrogen and oxygen atoms in total. The van der Waals surface area contributed by atoms with Crippen LogP contribution in [0.5, 0.6) is 11.5 Å². The standard InChI is InChI=1S/C31H36FN3O3/c1-37-29-13-6-5-12-28(29)34-20-18-33(19-21-34)23-30(36)35-16-14-25(15-17-35)31(24-8-3-2-4-9-24)38-27-11-7-10-26(32)22-27/h2-13,22,25,31H,14-21,23H2,1H3. The fourth-order valence-electron chi connectivity index (χ4n) is 5.55. The van der Waals surface area contributed by atoms with Crippen molar-refractivity contribution in [1.29, 1.82) is 0 Å². The van der Waals surface area contributed by atoms with Gasteiger partial charge in [0.05, 0.1) is 19.3 Å². The quantitative estimate of drug-likeness (QED) is 0.420. The van der Waals surface area contributed by atoms with Crippen LogP contribution in [0.25, 0.3) is 0 Å². The van der Waals surface area contributed by atoms with E-state index in [-0.39, 0.29) is 23.7 Å². The van der Waals surface area contributed by atoms with Gasteiger partial charge in [0, 0.05) is 51.3 Å². The molecule has 0 N–H and O–H groups in total. The Morgan fingerprint density at radius 2 is 1.61 bits per heavy atom. The highest BCUT2D eigenvalue weighted by Crippen LogP contribution is 2.35. The molecule has 0 spiro atoms. The van der Waals surface area contributed by atoms with E-state index in [1.165, 1.54) is 12.1 Å². The van der Waals surface area contributed by atoms with Gasteiger partial charge < -0.3 is 19.3 Å². The Morgan fingerprint density at radius 1 is 0.895 bits per heavy atom. The zero-order valence-corrected chi connectivity index (χ0v) is 22.0. The summed E-state index contributed by atoms with van der Waals surface area (Å²) in [7, 11) is 1.70. The fourth-order valence-corrected chi connectivity index (χ4v) is 5.55. The minimum atomic E-state index is -0.307. The van der Waals surface area contributed by atoms with Crippen LogP contribution < -0.4 is 14.4 Å². The van der Waals surface area contributed by atoms with Gasteiger partial charge in [-0.25, -0.2) is 4.39 Å². The minimum Gasteiger partial charge on any atom is -0.495 e. The lowest BCUT2D eigenvalue weighted by Crippen LogP contribution is -2.51. The van der Waals surface area contributed by atoms with Crippen LogP contribution in [0.15, 0.2) is 78.9 Å². The Hall–Kier alpha value is -3.58. The highest BCUT2D eigenvalue weighted by Gasteiger charge is 2.32. The molecule has 0 radical (unpaired) electrons. The summed E-state index contributed by atoms with van der Waals surface area (Å²) in [6.45, 7) is 5.29. The van der Waals surface area contributed by atoms with E-state index in [2.05, 4.69) is 28.0 Å². The van der Waals surface area contributed by atoms with Crippen molar-refractivity contribution in [3.63, 3.8) is 0 Å². The number of carbonyl (C=O) groups is 1. The largest absolute Gasteiger partial charge is 0.495 e. The molecule has 2 heterocycles. The zero-order chi connectivity index (χ0) is 26.3. The molecule has 1 unspecified atom stereocenters. The van der Waals surface area contributed by atoms with Gasteiger partial charge in [0.1, 0.15) is 23.4 Å². The number of likely N-dealkylation sites (tertiary alicyclic amines) is 1. The number of halogens is 1. The van der Waals surface area contributed by atoms with E-state index in [4.69, 9.17) is 9.47 Å². The fraction of sp³-hybridized carbons (Fsp3) is 0.387. The Morgan fingerprint density at radius 3 is 2.32 bits per heavy atom. The third-order valence-corrected chi connectivity index (χ3v) is 7.66. The smallest absolute Gasteiger partial charge is 0.236 e. The van der Waals surface area contributed by atoms with E-state index in [0.29, 0.717) is 25.4 Å². The van der Waals surface area contributed by atoms with Crippen molar-refractivity contribution < 1.29 is 18.7 Å². The zero-order valence-electron chi connectivity index (χ0n) is 22.0. The average Bonchev–Trinajstić information content (AvgIpc) is 2.97. The molecule has 2 saturated heterocycles. The van der Waals surface area contributed by atoms with Gasteiger partial charge in [-0.2, -0.15) is 0 Å². The molecule has 7 heteroatoms. The Balaban J connectivity index is 1.14. The lowest BCUT2D eigenvalue weighted by Gasteiger charge is -2.39. The minimum absolute atomic E-state index is 0.182. The molecule has 0 saturated carbocycles. The second-order valence-corrected chi connectivity index (χ2v) is 10.1. The number of piperidine rings is 1. The van der Waals surface area contributed by atoms with Crippen LogP contribution in [0, 0.1) is 11.7 Å². The molecule has 0 aromatic heterocycles. The molecule has 0 bridgehead atoms. The summed E-state index contributed by atoms with van der Waals surface area (Å²) in [6.07, 6.45) is 1.52. The first-order valence-corrected chi connectivity index (χ1v) is 13.5. The molecular weight excluding hydrogens is 481 g/mol. The van der Waals surface area contributed by atoms with Crippen molar-refractivity contribution in [1.82, 2.24) is 9.80 Å². The third kappa shape index (κ3) is 6.27. The first-order chi connectivity index (χ1) is 18.6. The molecule has 38 heavy (non-hydrogen) atoms. The molecule has 0 aliphatic carbocycles. The second kappa shape index (κ2) is 12.3. The number of carbonyl (C=O) groups excluding carboxylic acids is 1. The molecule has 2 aliphatic heterocycles. The highest BCUT2D eigenvalue weighted by atomic mass is 19.1. The predicted molar refractivity (Wildman–Crippen MR) is 147 cm³/mol. The number of hydrogen-bond acceptors (Lipinski definition) is 5. The van der Waals surface area contributed by atoms with Gasteiger partial charge in [0.2, 0.25) is 5.91 Å². The Labute approximate surface area is 224 Å². The summed E-state index contributed by atoms with van der Waals surface area (Å²) >= 11 is 0. The van der Waals surface area contributed by atoms with Crippen LogP contribution in [0.2, 0.25) is 0 Å². The van der Waals surface area contributed by atoms with Crippen LogP contribution >= 0.6 is 0 Å². The molecule has 2 fully saturated rings.